The highest BCUT2D eigenvalue weighted by molar-refractivity contribution is 5.95. The third-order valence-electron chi connectivity index (χ3n) is 5.68. The van der Waals surface area contributed by atoms with Crippen LogP contribution in [-0.2, 0) is 14.9 Å². The number of hydrogen-bond acceptors (Lipinski definition) is 5. The lowest BCUT2D eigenvalue weighted by atomic mass is 9.89. The van der Waals surface area contributed by atoms with Gasteiger partial charge in [-0.1, -0.05) is 39.0 Å². The number of para-hydroxylation sites is 1. The average molecular weight is 413 g/mol. The summed E-state index contributed by atoms with van der Waals surface area (Å²) in [6.45, 7) is 12.3. The summed E-state index contributed by atoms with van der Waals surface area (Å²) in [5.74, 6) is 0.0685. The summed E-state index contributed by atoms with van der Waals surface area (Å²) >= 11 is 0. The molecule has 2 aliphatic rings. The molecule has 2 aromatic rings. The molecule has 7 nitrogen and oxygen atoms in total. The van der Waals surface area contributed by atoms with E-state index in [1.54, 1.807) is 0 Å². The molecular formula is C23H32N4O3. The van der Waals surface area contributed by atoms with Crippen LogP contribution in [0.3, 0.4) is 0 Å². The molecule has 0 saturated carbocycles. The van der Waals surface area contributed by atoms with Crippen molar-refractivity contribution < 1.29 is 14.3 Å². The fourth-order valence-corrected chi connectivity index (χ4v) is 4.03. The van der Waals surface area contributed by atoms with E-state index in [1.165, 1.54) is 0 Å². The van der Waals surface area contributed by atoms with Gasteiger partial charge in [-0.15, -0.1) is 0 Å². The van der Waals surface area contributed by atoms with Gasteiger partial charge >= 0.3 is 0 Å². The predicted octanol–water partition coefficient (Wildman–Crippen LogP) is 2.34. The van der Waals surface area contributed by atoms with Crippen molar-refractivity contribution in [3.8, 4) is 5.69 Å². The van der Waals surface area contributed by atoms with Gasteiger partial charge in [0.2, 0.25) is 0 Å². The van der Waals surface area contributed by atoms with E-state index >= 15 is 0 Å². The number of rotatable bonds is 4. The molecule has 0 spiro atoms. The standard InChI is InChI=1S/C23H32N4O3/c1-23(2,3)21-20(16-27(24-21)18-7-5-4-6-8-18)22(28)26-11-9-25(10-12-26)15-19-17-29-13-14-30-19/h4-8,16,19H,9-15,17H2,1-3H3. The Morgan fingerprint density at radius 3 is 2.47 bits per heavy atom. The van der Waals surface area contributed by atoms with Gasteiger partial charge in [0.15, 0.2) is 0 Å². The molecule has 1 unspecified atom stereocenters. The van der Waals surface area contributed by atoms with Gasteiger partial charge in [-0.2, -0.15) is 5.10 Å². The minimum absolute atomic E-state index is 0.0685. The maximum Gasteiger partial charge on any atom is 0.257 e. The summed E-state index contributed by atoms with van der Waals surface area (Å²) in [4.78, 5) is 17.7. The Morgan fingerprint density at radius 2 is 1.83 bits per heavy atom. The fraction of sp³-hybridized carbons (Fsp3) is 0.565. The number of amides is 1. The highest BCUT2D eigenvalue weighted by Gasteiger charge is 2.31. The summed E-state index contributed by atoms with van der Waals surface area (Å²) in [5, 5.41) is 4.79. The molecule has 1 amide bonds. The van der Waals surface area contributed by atoms with Gasteiger partial charge in [0.1, 0.15) is 0 Å². The largest absolute Gasteiger partial charge is 0.376 e. The third-order valence-corrected chi connectivity index (χ3v) is 5.68. The van der Waals surface area contributed by atoms with Crippen LogP contribution in [0.5, 0.6) is 0 Å². The Hall–Kier alpha value is -2.22. The SMILES string of the molecule is CC(C)(C)c1nn(-c2ccccc2)cc1C(=O)N1CCN(CC2COCCO2)CC1. The van der Waals surface area contributed by atoms with Crippen LogP contribution in [0.4, 0.5) is 0 Å². The quantitative estimate of drug-likeness (QED) is 0.772. The van der Waals surface area contributed by atoms with Crippen LogP contribution in [0, 0.1) is 0 Å². The van der Waals surface area contributed by atoms with E-state index in [1.807, 2.05) is 46.1 Å². The number of carbonyl (C=O) groups excluding carboxylic acids is 1. The lowest BCUT2D eigenvalue weighted by Gasteiger charge is -2.37. The molecule has 2 saturated heterocycles. The molecule has 2 aliphatic heterocycles. The van der Waals surface area contributed by atoms with Crippen molar-refractivity contribution in [2.45, 2.75) is 32.3 Å². The zero-order valence-corrected chi connectivity index (χ0v) is 18.2. The summed E-state index contributed by atoms with van der Waals surface area (Å²) in [6.07, 6.45) is 2.02. The number of nitrogens with zero attached hydrogens (tertiary/aromatic N) is 4. The molecule has 4 rings (SSSR count). The molecule has 0 bridgehead atoms. The van der Waals surface area contributed by atoms with Crippen LogP contribution in [0.25, 0.3) is 5.69 Å². The van der Waals surface area contributed by atoms with Gasteiger partial charge in [-0.05, 0) is 12.1 Å². The van der Waals surface area contributed by atoms with Crippen LogP contribution >= 0.6 is 0 Å². The van der Waals surface area contributed by atoms with Gasteiger partial charge in [-0.25, -0.2) is 4.68 Å². The number of hydrogen-bond donors (Lipinski definition) is 0. The molecule has 162 valence electrons. The maximum absolute atomic E-state index is 13.4. The van der Waals surface area contributed by atoms with Crippen LogP contribution in [0.1, 0.15) is 36.8 Å². The molecule has 1 aromatic carbocycles. The minimum atomic E-state index is -0.217. The molecule has 0 N–H and O–H groups in total. The van der Waals surface area contributed by atoms with Crippen molar-refractivity contribution in [1.29, 1.82) is 0 Å². The number of piperazine rings is 1. The Kier molecular flexibility index (Phi) is 6.22. The van der Waals surface area contributed by atoms with Gasteiger partial charge < -0.3 is 14.4 Å². The van der Waals surface area contributed by atoms with E-state index in [4.69, 9.17) is 14.6 Å². The zero-order valence-electron chi connectivity index (χ0n) is 18.2. The van der Waals surface area contributed by atoms with E-state index in [-0.39, 0.29) is 17.4 Å². The van der Waals surface area contributed by atoms with Crippen molar-refractivity contribution >= 4 is 5.91 Å². The molecule has 1 atom stereocenters. The number of carbonyl (C=O) groups is 1. The first-order valence-electron chi connectivity index (χ1n) is 10.8. The second-order valence-corrected chi connectivity index (χ2v) is 9.08. The van der Waals surface area contributed by atoms with Crippen molar-refractivity contribution in [3.05, 3.63) is 47.8 Å². The maximum atomic E-state index is 13.4. The topological polar surface area (TPSA) is 59.8 Å². The Bertz CT molecular complexity index is 845. The van der Waals surface area contributed by atoms with Gasteiger partial charge in [-0.3, -0.25) is 9.69 Å². The van der Waals surface area contributed by atoms with Crippen molar-refractivity contribution in [3.63, 3.8) is 0 Å². The molecule has 0 radical (unpaired) electrons. The first-order valence-corrected chi connectivity index (χ1v) is 10.8. The molecule has 0 aliphatic carbocycles. The van der Waals surface area contributed by atoms with Crippen molar-refractivity contribution in [2.24, 2.45) is 0 Å². The average Bonchev–Trinajstić information content (AvgIpc) is 3.21. The highest BCUT2D eigenvalue weighted by Crippen LogP contribution is 2.27. The molecule has 3 heterocycles. The first kappa shape index (κ1) is 21.0. The minimum Gasteiger partial charge on any atom is -0.376 e. The lowest BCUT2D eigenvalue weighted by molar-refractivity contribution is -0.0994. The molecule has 30 heavy (non-hydrogen) atoms. The first-order chi connectivity index (χ1) is 14.4. The van der Waals surface area contributed by atoms with E-state index in [0.29, 0.717) is 38.5 Å². The van der Waals surface area contributed by atoms with Gasteiger partial charge in [0.25, 0.3) is 5.91 Å². The van der Waals surface area contributed by atoms with Gasteiger partial charge in [0.05, 0.1) is 42.9 Å². The third kappa shape index (κ3) is 4.74. The molecular weight excluding hydrogens is 380 g/mol. The van der Waals surface area contributed by atoms with Crippen molar-refractivity contribution in [2.75, 3.05) is 52.5 Å². The molecule has 1 aromatic heterocycles. The summed E-state index contributed by atoms with van der Waals surface area (Å²) in [5.41, 5.74) is 2.28. The van der Waals surface area contributed by atoms with Crippen molar-refractivity contribution in [1.82, 2.24) is 19.6 Å². The van der Waals surface area contributed by atoms with Crippen LogP contribution < -0.4 is 0 Å². The zero-order chi connectivity index (χ0) is 21.1. The monoisotopic (exact) mass is 412 g/mol. The van der Waals surface area contributed by atoms with E-state index in [9.17, 15) is 4.79 Å². The fourth-order valence-electron chi connectivity index (χ4n) is 4.03. The normalized spacial score (nSPS) is 21.0. The molecule has 2 fully saturated rings. The summed E-state index contributed by atoms with van der Waals surface area (Å²) < 4.78 is 13.1. The Morgan fingerprint density at radius 1 is 1.10 bits per heavy atom. The molecule has 7 heteroatoms. The lowest BCUT2D eigenvalue weighted by Crippen LogP contribution is -2.51. The van der Waals surface area contributed by atoms with E-state index in [2.05, 4.69) is 25.7 Å². The smallest absolute Gasteiger partial charge is 0.257 e. The number of benzene rings is 1. The second kappa shape index (κ2) is 8.88. The number of ether oxygens (including phenoxy) is 2. The Labute approximate surface area is 178 Å². The van der Waals surface area contributed by atoms with E-state index < -0.39 is 0 Å². The number of aromatic nitrogens is 2. The van der Waals surface area contributed by atoms with Crippen LogP contribution in [0.2, 0.25) is 0 Å². The van der Waals surface area contributed by atoms with Gasteiger partial charge in [0, 0.05) is 44.3 Å². The summed E-state index contributed by atoms with van der Waals surface area (Å²) in [6, 6.07) is 9.95. The summed E-state index contributed by atoms with van der Waals surface area (Å²) in [7, 11) is 0. The highest BCUT2D eigenvalue weighted by atomic mass is 16.6. The van der Waals surface area contributed by atoms with E-state index in [0.717, 1.165) is 31.0 Å². The Balaban J connectivity index is 1.46. The van der Waals surface area contributed by atoms with Crippen LogP contribution in [-0.4, -0.2) is 84.1 Å². The predicted molar refractivity (Wildman–Crippen MR) is 115 cm³/mol. The van der Waals surface area contributed by atoms with Crippen LogP contribution in [0.15, 0.2) is 36.5 Å². The second-order valence-electron chi connectivity index (χ2n) is 9.08.